The second-order valence-corrected chi connectivity index (χ2v) is 6.46. The molecule has 0 unspecified atom stereocenters. The highest BCUT2D eigenvalue weighted by Gasteiger charge is 2.29. The first kappa shape index (κ1) is 14.2. The number of nitrogens with zero attached hydrogens (tertiary/aromatic N) is 3. The number of nitrogens with one attached hydrogen (secondary N) is 2. The van der Waals surface area contributed by atoms with Gasteiger partial charge in [-0.25, -0.2) is 14.5 Å². The van der Waals surface area contributed by atoms with E-state index >= 15 is 0 Å². The molecule has 2 heterocycles. The van der Waals surface area contributed by atoms with E-state index in [4.69, 9.17) is 11.6 Å². The standard InChI is InChI=1S/C15H12ClN5OS/c1-17-14(22)20-15-19-10-6-8-7-18-21(12(8)13(10)23-15)11-5-3-2-4-9(11)16/h2-5,7H,6H2,1H3,(H2,17,19,20,22). The number of amides is 2. The van der Waals surface area contributed by atoms with Gasteiger partial charge in [0.2, 0.25) is 0 Å². The molecule has 2 amide bonds. The first-order valence-electron chi connectivity index (χ1n) is 6.98. The molecule has 0 fully saturated rings. The number of para-hydroxylation sites is 1. The molecule has 2 aromatic heterocycles. The Morgan fingerprint density at radius 2 is 2.22 bits per heavy atom. The number of hydrogen-bond acceptors (Lipinski definition) is 4. The van der Waals surface area contributed by atoms with Gasteiger partial charge in [-0.2, -0.15) is 5.10 Å². The first-order valence-corrected chi connectivity index (χ1v) is 8.17. The van der Waals surface area contributed by atoms with Crippen LogP contribution in [-0.4, -0.2) is 27.8 Å². The Bertz CT molecular complexity index is 916. The van der Waals surface area contributed by atoms with Gasteiger partial charge >= 0.3 is 6.03 Å². The van der Waals surface area contributed by atoms with Crippen molar-refractivity contribution in [2.24, 2.45) is 0 Å². The maximum atomic E-state index is 11.4. The van der Waals surface area contributed by atoms with Gasteiger partial charge in [0, 0.05) is 19.0 Å². The molecule has 8 heteroatoms. The number of thiazole rings is 1. The van der Waals surface area contributed by atoms with E-state index in [1.165, 1.54) is 11.3 Å². The molecular weight excluding hydrogens is 334 g/mol. The fourth-order valence-corrected chi connectivity index (χ4v) is 3.87. The smallest absolute Gasteiger partial charge is 0.320 e. The van der Waals surface area contributed by atoms with Crippen molar-refractivity contribution in [3.8, 4) is 16.3 Å². The van der Waals surface area contributed by atoms with Crippen molar-refractivity contribution in [3.05, 3.63) is 46.7 Å². The molecule has 0 spiro atoms. The number of carbonyl (C=O) groups excluding carboxylic acids is 1. The average Bonchev–Trinajstić information content (AvgIpc) is 3.18. The van der Waals surface area contributed by atoms with Gasteiger partial charge in [-0.15, -0.1) is 0 Å². The van der Waals surface area contributed by atoms with E-state index in [9.17, 15) is 4.79 Å². The fourth-order valence-electron chi connectivity index (χ4n) is 2.61. The maximum Gasteiger partial charge on any atom is 0.320 e. The summed E-state index contributed by atoms with van der Waals surface area (Å²) in [6, 6.07) is 7.30. The van der Waals surface area contributed by atoms with E-state index < -0.39 is 0 Å². The van der Waals surface area contributed by atoms with Crippen molar-refractivity contribution in [3.63, 3.8) is 0 Å². The zero-order valence-electron chi connectivity index (χ0n) is 12.1. The topological polar surface area (TPSA) is 71.8 Å². The lowest BCUT2D eigenvalue weighted by Gasteiger charge is -2.07. The number of fused-ring (bicyclic) bond motifs is 3. The predicted octanol–water partition coefficient (Wildman–Crippen LogP) is 3.30. The summed E-state index contributed by atoms with van der Waals surface area (Å²) in [6.07, 6.45) is 2.56. The third-order valence-electron chi connectivity index (χ3n) is 3.64. The molecule has 0 saturated carbocycles. The summed E-state index contributed by atoms with van der Waals surface area (Å²) in [5.74, 6) is 0. The number of carbonyl (C=O) groups is 1. The van der Waals surface area contributed by atoms with Crippen molar-refractivity contribution < 1.29 is 4.79 Å². The quantitative estimate of drug-likeness (QED) is 0.585. The van der Waals surface area contributed by atoms with Gasteiger partial charge in [-0.3, -0.25) is 5.32 Å². The van der Waals surface area contributed by atoms with Crippen LogP contribution in [0.3, 0.4) is 0 Å². The van der Waals surface area contributed by atoms with Crippen molar-refractivity contribution in [1.29, 1.82) is 0 Å². The molecule has 0 atom stereocenters. The summed E-state index contributed by atoms with van der Waals surface area (Å²) in [4.78, 5) is 17.0. The van der Waals surface area contributed by atoms with Crippen LogP contribution < -0.4 is 10.6 Å². The number of hydrogen-bond donors (Lipinski definition) is 2. The molecule has 23 heavy (non-hydrogen) atoms. The highest BCUT2D eigenvalue weighted by molar-refractivity contribution is 7.19. The van der Waals surface area contributed by atoms with Gasteiger partial charge in [0.05, 0.1) is 33.2 Å². The fraction of sp³-hybridized carbons (Fsp3) is 0.133. The summed E-state index contributed by atoms with van der Waals surface area (Å²) in [6.45, 7) is 0. The van der Waals surface area contributed by atoms with Crippen LogP contribution in [0, 0.1) is 0 Å². The second kappa shape index (κ2) is 5.36. The van der Waals surface area contributed by atoms with Gasteiger partial charge in [0.1, 0.15) is 0 Å². The number of anilines is 1. The number of aromatic nitrogens is 3. The monoisotopic (exact) mass is 345 g/mol. The SMILES string of the molecule is CNC(=O)Nc1nc2c(s1)-c1c(cnn1-c1ccccc1Cl)C2. The van der Waals surface area contributed by atoms with Gasteiger partial charge in [0.25, 0.3) is 0 Å². The summed E-state index contributed by atoms with van der Waals surface area (Å²) in [5.41, 5.74) is 3.90. The van der Waals surface area contributed by atoms with E-state index in [0.29, 0.717) is 16.6 Å². The van der Waals surface area contributed by atoms with Crippen LogP contribution in [0.2, 0.25) is 5.02 Å². The van der Waals surface area contributed by atoms with E-state index in [0.717, 1.165) is 27.5 Å². The summed E-state index contributed by atoms with van der Waals surface area (Å²) < 4.78 is 1.84. The normalized spacial score (nSPS) is 11.9. The molecule has 0 aliphatic heterocycles. The number of benzene rings is 1. The van der Waals surface area contributed by atoms with Crippen LogP contribution in [0.4, 0.5) is 9.93 Å². The highest BCUT2D eigenvalue weighted by Crippen LogP contribution is 2.43. The van der Waals surface area contributed by atoms with Crippen molar-refractivity contribution in [2.75, 3.05) is 12.4 Å². The largest absolute Gasteiger partial charge is 0.341 e. The molecule has 6 nitrogen and oxygen atoms in total. The van der Waals surface area contributed by atoms with Crippen LogP contribution in [-0.2, 0) is 6.42 Å². The summed E-state index contributed by atoms with van der Waals surface area (Å²) in [7, 11) is 1.57. The van der Waals surface area contributed by atoms with Crippen LogP contribution in [0.15, 0.2) is 30.5 Å². The zero-order valence-corrected chi connectivity index (χ0v) is 13.7. The number of urea groups is 1. The molecular formula is C15H12ClN5OS. The molecule has 3 aromatic rings. The average molecular weight is 346 g/mol. The van der Waals surface area contributed by atoms with Gasteiger partial charge in [0.15, 0.2) is 5.13 Å². The highest BCUT2D eigenvalue weighted by atomic mass is 35.5. The molecule has 1 aliphatic rings. The summed E-state index contributed by atoms with van der Waals surface area (Å²) in [5, 5.41) is 10.9. The molecule has 2 N–H and O–H groups in total. The third kappa shape index (κ3) is 2.29. The number of halogens is 1. The summed E-state index contributed by atoms with van der Waals surface area (Å²) >= 11 is 7.74. The Labute approximate surface area is 141 Å². The maximum absolute atomic E-state index is 11.4. The Morgan fingerprint density at radius 1 is 1.39 bits per heavy atom. The number of rotatable bonds is 2. The lowest BCUT2D eigenvalue weighted by molar-refractivity contribution is 0.254. The molecule has 0 bridgehead atoms. The van der Waals surface area contributed by atoms with Crippen LogP contribution in [0.1, 0.15) is 11.3 Å². The Kier molecular flexibility index (Phi) is 3.32. The molecule has 4 rings (SSSR count). The second-order valence-electron chi connectivity index (χ2n) is 5.06. The van der Waals surface area contributed by atoms with Crippen molar-refractivity contribution in [1.82, 2.24) is 20.1 Å². The van der Waals surface area contributed by atoms with Gasteiger partial charge < -0.3 is 5.32 Å². The minimum atomic E-state index is -0.280. The van der Waals surface area contributed by atoms with E-state index in [2.05, 4.69) is 20.7 Å². The van der Waals surface area contributed by atoms with Gasteiger partial charge in [-0.05, 0) is 12.1 Å². The van der Waals surface area contributed by atoms with Gasteiger partial charge in [-0.1, -0.05) is 35.1 Å². The molecule has 0 radical (unpaired) electrons. The lowest BCUT2D eigenvalue weighted by Crippen LogP contribution is -2.24. The Hall–Kier alpha value is -2.38. The Balaban J connectivity index is 1.79. The molecule has 0 saturated heterocycles. The molecule has 116 valence electrons. The minimum absolute atomic E-state index is 0.280. The molecule has 1 aliphatic carbocycles. The van der Waals surface area contributed by atoms with Crippen molar-refractivity contribution >= 4 is 34.1 Å². The predicted molar refractivity (Wildman–Crippen MR) is 90.6 cm³/mol. The van der Waals surface area contributed by atoms with E-state index in [1.54, 1.807) is 7.05 Å². The van der Waals surface area contributed by atoms with E-state index in [-0.39, 0.29) is 6.03 Å². The van der Waals surface area contributed by atoms with Crippen LogP contribution >= 0.6 is 22.9 Å². The third-order valence-corrected chi connectivity index (χ3v) is 4.98. The van der Waals surface area contributed by atoms with Crippen molar-refractivity contribution in [2.45, 2.75) is 6.42 Å². The first-order chi connectivity index (χ1) is 11.2. The van der Waals surface area contributed by atoms with E-state index in [1.807, 2.05) is 35.1 Å². The van der Waals surface area contributed by atoms with Crippen LogP contribution in [0.25, 0.3) is 16.3 Å². The molecule has 1 aromatic carbocycles. The minimum Gasteiger partial charge on any atom is -0.341 e. The zero-order chi connectivity index (χ0) is 16.0. The Morgan fingerprint density at radius 3 is 3.00 bits per heavy atom. The van der Waals surface area contributed by atoms with Crippen LogP contribution in [0.5, 0.6) is 0 Å². The lowest BCUT2D eigenvalue weighted by atomic mass is 10.2.